The second kappa shape index (κ2) is 7.51. The van der Waals surface area contributed by atoms with Crippen molar-refractivity contribution < 1.29 is 0 Å². The monoisotopic (exact) mass is 261 g/mol. The molecule has 0 amide bonds. The molecule has 1 aromatic rings. The topological polar surface area (TPSA) is 27.3 Å². The Bertz CT molecular complexity index is 361. The van der Waals surface area contributed by atoms with E-state index in [0.29, 0.717) is 6.04 Å². The predicted octanol–water partition coefficient (Wildman–Crippen LogP) is 2.34. The van der Waals surface area contributed by atoms with E-state index in [0.717, 1.165) is 19.6 Å². The Morgan fingerprint density at radius 1 is 1.32 bits per heavy atom. The summed E-state index contributed by atoms with van der Waals surface area (Å²) >= 11 is 0. The molecule has 1 fully saturated rings. The lowest BCUT2D eigenvalue weighted by Crippen LogP contribution is -2.49. The van der Waals surface area contributed by atoms with Crippen LogP contribution in [0.2, 0.25) is 0 Å². The van der Waals surface area contributed by atoms with Crippen molar-refractivity contribution >= 4 is 5.69 Å². The lowest BCUT2D eigenvalue weighted by Gasteiger charge is -2.31. The fourth-order valence-corrected chi connectivity index (χ4v) is 2.65. The smallest absolute Gasteiger partial charge is 0.0340 e. The van der Waals surface area contributed by atoms with Crippen molar-refractivity contribution in [2.45, 2.75) is 32.2 Å². The Kier molecular flexibility index (Phi) is 5.67. The molecular weight excluding hydrogens is 234 g/mol. The molecule has 1 aromatic carbocycles. The molecule has 19 heavy (non-hydrogen) atoms. The van der Waals surface area contributed by atoms with Gasteiger partial charge in [-0.05, 0) is 37.6 Å². The molecule has 1 aliphatic rings. The van der Waals surface area contributed by atoms with E-state index in [4.69, 9.17) is 0 Å². The number of hydrogen-bond acceptors (Lipinski definition) is 3. The summed E-state index contributed by atoms with van der Waals surface area (Å²) in [6, 6.07) is 9.50. The van der Waals surface area contributed by atoms with Crippen LogP contribution in [0.5, 0.6) is 0 Å². The minimum absolute atomic E-state index is 0.630. The molecule has 2 N–H and O–H groups in total. The summed E-state index contributed by atoms with van der Waals surface area (Å²) in [5, 5.41) is 7.10. The van der Waals surface area contributed by atoms with Crippen LogP contribution in [0.3, 0.4) is 0 Å². The van der Waals surface area contributed by atoms with Gasteiger partial charge in [0.2, 0.25) is 0 Å². The highest BCUT2D eigenvalue weighted by atomic mass is 15.2. The Morgan fingerprint density at radius 3 is 2.79 bits per heavy atom. The van der Waals surface area contributed by atoms with Crippen molar-refractivity contribution in [1.29, 1.82) is 0 Å². The summed E-state index contributed by atoms with van der Waals surface area (Å²) in [7, 11) is 2.20. The molecule has 106 valence electrons. The van der Waals surface area contributed by atoms with Crippen LogP contribution < -0.4 is 10.6 Å². The Morgan fingerprint density at radius 2 is 2.11 bits per heavy atom. The summed E-state index contributed by atoms with van der Waals surface area (Å²) in [5.74, 6) is 0. The summed E-state index contributed by atoms with van der Waals surface area (Å²) < 4.78 is 0. The number of benzene rings is 1. The van der Waals surface area contributed by atoms with E-state index in [1.54, 1.807) is 0 Å². The molecule has 1 saturated heterocycles. The molecule has 0 aliphatic carbocycles. The van der Waals surface area contributed by atoms with Gasteiger partial charge < -0.3 is 15.5 Å². The average Bonchev–Trinajstić information content (AvgIpc) is 2.41. The lowest BCUT2D eigenvalue weighted by atomic mass is 10.1. The minimum atomic E-state index is 0.630. The van der Waals surface area contributed by atoms with E-state index in [2.05, 4.69) is 53.8 Å². The van der Waals surface area contributed by atoms with Crippen LogP contribution in [-0.4, -0.2) is 44.2 Å². The normalized spacial score (nSPS) is 20.4. The third kappa shape index (κ3) is 4.84. The zero-order valence-corrected chi connectivity index (χ0v) is 12.3. The van der Waals surface area contributed by atoms with E-state index in [1.807, 2.05) is 0 Å². The van der Waals surface area contributed by atoms with Crippen molar-refractivity contribution in [3.05, 3.63) is 29.8 Å². The van der Waals surface area contributed by atoms with Crippen LogP contribution in [-0.2, 0) is 6.42 Å². The maximum absolute atomic E-state index is 3.58. The van der Waals surface area contributed by atoms with Gasteiger partial charge in [-0.15, -0.1) is 0 Å². The summed E-state index contributed by atoms with van der Waals surface area (Å²) in [6.45, 7) is 6.71. The Balaban J connectivity index is 1.70. The van der Waals surface area contributed by atoms with Crippen LogP contribution in [0.4, 0.5) is 5.69 Å². The highest BCUT2D eigenvalue weighted by molar-refractivity contribution is 5.44. The quantitative estimate of drug-likeness (QED) is 0.823. The van der Waals surface area contributed by atoms with Crippen LogP contribution >= 0.6 is 0 Å². The Hall–Kier alpha value is -1.06. The highest BCUT2D eigenvalue weighted by Gasteiger charge is 2.15. The number of anilines is 1. The predicted molar refractivity (Wildman–Crippen MR) is 82.8 cm³/mol. The molecular formula is C16H27N3. The van der Waals surface area contributed by atoms with Gasteiger partial charge in [-0.2, -0.15) is 0 Å². The average molecular weight is 261 g/mol. The van der Waals surface area contributed by atoms with Crippen LogP contribution in [0.15, 0.2) is 24.3 Å². The second-order valence-electron chi connectivity index (χ2n) is 5.58. The molecule has 0 saturated carbocycles. The third-order valence-corrected chi connectivity index (χ3v) is 3.77. The van der Waals surface area contributed by atoms with Crippen molar-refractivity contribution in [2.75, 3.05) is 38.5 Å². The Labute approximate surface area is 117 Å². The number of nitrogens with zero attached hydrogens (tertiary/aromatic N) is 1. The standard InChI is InChI=1S/C16H27N3/c1-3-4-14-5-7-15(8-6-14)17-10-9-16-13-19(2)12-11-18-16/h5-8,16-18H,3-4,9-13H2,1-2H3. The summed E-state index contributed by atoms with van der Waals surface area (Å²) in [6.07, 6.45) is 3.58. The van der Waals surface area contributed by atoms with Gasteiger partial charge in [0.15, 0.2) is 0 Å². The molecule has 3 nitrogen and oxygen atoms in total. The molecule has 2 rings (SSSR count). The molecule has 0 spiro atoms. The van der Waals surface area contributed by atoms with Gasteiger partial charge in [0.1, 0.15) is 0 Å². The summed E-state index contributed by atoms with van der Waals surface area (Å²) in [4.78, 5) is 2.40. The van der Waals surface area contributed by atoms with Gasteiger partial charge in [-0.1, -0.05) is 25.5 Å². The number of nitrogens with one attached hydrogen (secondary N) is 2. The first-order valence-corrected chi connectivity index (χ1v) is 7.52. The van der Waals surface area contributed by atoms with Crippen LogP contribution in [0.1, 0.15) is 25.3 Å². The van der Waals surface area contributed by atoms with Gasteiger partial charge in [-0.3, -0.25) is 0 Å². The molecule has 1 unspecified atom stereocenters. The fourth-order valence-electron chi connectivity index (χ4n) is 2.65. The number of piperazine rings is 1. The highest BCUT2D eigenvalue weighted by Crippen LogP contribution is 2.11. The van der Waals surface area contributed by atoms with E-state index < -0.39 is 0 Å². The van der Waals surface area contributed by atoms with Crippen molar-refractivity contribution in [2.24, 2.45) is 0 Å². The van der Waals surface area contributed by atoms with E-state index in [9.17, 15) is 0 Å². The van der Waals surface area contributed by atoms with Crippen molar-refractivity contribution in [3.63, 3.8) is 0 Å². The molecule has 0 aromatic heterocycles. The number of likely N-dealkylation sites (N-methyl/N-ethyl adjacent to an activating group) is 1. The molecule has 3 heteroatoms. The van der Waals surface area contributed by atoms with Crippen molar-refractivity contribution in [1.82, 2.24) is 10.2 Å². The van der Waals surface area contributed by atoms with Gasteiger partial charge in [-0.25, -0.2) is 0 Å². The first kappa shape index (κ1) is 14.4. The SMILES string of the molecule is CCCc1ccc(NCCC2CN(C)CCN2)cc1. The van der Waals surface area contributed by atoms with Gasteiger partial charge >= 0.3 is 0 Å². The molecule has 1 atom stereocenters. The maximum atomic E-state index is 3.58. The number of hydrogen-bond donors (Lipinski definition) is 2. The number of rotatable bonds is 6. The first-order chi connectivity index (χ1) is 9.28. The van der Waals surface area contributed by atoms with Gasteiger partial charge in [0, 0.05) is 37.9 Å². The van der Waals surface area contributed by atoms with Gasteiger partial charge in [0.25, 0.3) is 0 Å². The van der Waals surface area contributed by atoms with E-state index >= 15 is 0 Å². The fraction of sp³-hybridized carbons (Fsp3) is 0.625. The zero-order valence-electron chi connectivity index (χ0n) is 12.3. The summed E-state index contributed by atoms with van der Waals surface area (Å²) in [5.41, 5.74) is 2.67. The number of aryl methyl sites for hydroxylation is 1. The van der Waals surface area contributed by atoms with E-state index in [1.165, 1.54) is 37.1 Å². The van der Waals surface area contributed by atoms with Gasteiger partial charge in [0.05, 0.1) is 0 Å². The molecule has 0 bridgehead atoms. The second-order valence-corrected chi connectivity index (χ2v) is 5.58. The van der Waals surface area contributed by atoms with E-state index in [-0.39, 0.29) is 0 Å². The maximum Gasteiger partial charge on any atom is 0.0340 e. The molecule has 0 radical (unpaired) electrons. The zero-order chi connectivity index (χ0) is 13.5. The molecule has 1 aliphatic heterocycles. The lowest BCUT2D eigenvalue weighted by molar-refractivity contribution is 0.234. The van der Waals surface area contributed by atoms with Crippen LogP contribution in [0.25, 0.3) is 0 Å². The largest absolute Gasteiger partial charge is 0.385 e. The minimum Gasteiger partial charge on any atom is -0.385 e. The molecule has 1 heterocycles. The van der Waals surface area contributed by atoms with Crippen LogP contribution in [0, 0.1) is 0 Å². The first-order valence-electron chi connectivity index (χ1n) is 7.52. The van der Waals surface area contributed by atoms with Crippen molar-refractivity contribution in [3.8, 4) is 0 Å². The third-order valence-electron chi connectivity index (χ3n) is 3.77.